The van der Waals surface area contributed by atoms with E-state index in [1.54, 1.807) is 6.92 Å². The summed E-state index contributed by atoms with van der Waals surface area (Å²) in [5.74, 6) is 0. The summed E-state index contributed by atoms with van der Waals surface area (Å²) in [5.41, 5.74) is 0. The maximum atomic E-state index is 10.8. The third-order valence-corrected chi connectivity index (χ3v) is 7.96. The summed E-state index contributed by atoms with van der Waals surface area (Å²) >= 11 is 0. The van der Waals surface area contributed by atoms with E-state index in [1.807, 2.05) is 20.8 Å². The Balaban J connectivity index is 4.73. The molecule has 0 aromatic heterocycles. The maximum absolute atomic E-state index is 10.8. The van der Waals surface area contributed by atoms with Crippen LogP contribution in [0.25, 0.3) is 0 Å². The van der Waals surface area contributed by atoms with E-state index in [0.29, 0.717) is 36.7 Å². The van der Waals surface area contributed by atoms with Crippen LogP contribution in [0.15, 0.2) is 0 Å². The molecule has 110 valence electrons. The van der Waals surface area contributed by atoms with Gasteiger partial charge >= 0.3 is 18.0 Å². The molecule has 0 aliphatic rings. The second kappa shape index (κ2) is 8.51. The van der Waals surface area contributed by atoms with Gasteiger partial charge in [-0.15, -0.1) is 0 Å². The van der Waals surface area contributed by atoms with Gasteiger partial charge in [-0.05, 0) is 31.6 Å². The molecule has 0 aromatic rings. The van der Waals surface area contributed by atoms with Crippen LogP contribution >= 0.6 is 10.8 Å². The van der Waals surface area contributed by atoms with Crippen molar-refractivity contribution in [2.75, 3.05) is 19.8 Å². The van der Waals surface area contributed by atoms with Gasteiger partial charge in [-0.1, -0.05) is 6.92 Å². The van der Waals surface area contributed by atoms with Crippen LogP contribution in [0.1, 0.15) is 27.7 Å². The van der Waals surface area contributed by atoms with E-state index < -0.39 is 18.0 Å². The van der Waals surface area contributed by atoms with Crippen LogP contribution in [0.2, 0.25) is 6.04 Å². The lowest BCUT2D eigenvalue weighted by atomic mass is 10.6. The van der Waals surface area contributed by atoms with Gasteiger partial charge in [0.15, 0.2) is 0 Å². The molecule has 0 saturated carbocycles. The monoisotopic (exact) mass is 318 g/mol. The molecule has 0 aliphatic heterocycles. The van der Waals surface area contributed by atoms with E-state index in [-0.39, 0.29) is 5.25 Å². The highest BCUT2D eigenvalue weighted by Crippen LogP contribution is 2.27. The fourth-order valence-electron chi connectivity index (χ4n) is 1.56. The lowest BCUT2D eigenvalue weighted by Crippen LogP contribution is -2.47. The minimum absolute atomic E-state index is 0.340. The van der Waals surface area contributed by atoms with Crippen molar-refractivity contribution in [3.05, 3.63) is 0 Å². The molecule has 1 atom stereocenters. The Hall–Kier alpha value is 0.357. The van der Waals surface area contributed by atoms with Gasteiger partial charge in [0, 0.05) is 31.1 Å². The van der Waals surface area contributed by atoms with Gasteiger partial charge in [-0.25, -0.2) is 0 Å². The van der Waals surface area contributed by atoms with E-state index in [4.69, 9.17) is 17.8 Å². The second-order valence-corrected chi connectivity index (χ2v) is 9.85. The Bertz CT molecular complexity index is 304. The molecule has 0 radical (unpaired) electrons. The summed E-state index contributed by atoms with van der Waals surface area (Å²) in [6.45, 7) is 8.51. The largest absolute Gasteiger partial charge is 0.502 e. The third-order valence-electron chi connectivity index (χ3n) is 1.92. The molecule has 0 heterocycles. The van der Waals surface area contributed by atoms with Crippen molar-refractivity contribution >= 4 is 28.7 Å². The molecule has 1 N–H and O–H groups in total. The fourth-order valence-corrected chi connectivity index (χ4v) is 7.34. The fraction of sp³-hybridized carbons (Fsp3) is 1.00. The van der Waals surface area contributed by atoms with Crippen molar-refractivity contribution in [3.8, 4) is 0 Å². The van der Waals surface area contributed by atoms with Crippen LogP contribution < -0.4 is 0 Å². The van der Waals surface area contributed by atoms with Gasteiger partial charge in [0.25, 0.3) is 0 Å². The lowest BCUT2D eigenvalue weighted by molar-refractivity contribution is 0.0716. The molecule has 0 aromatic carbocycles. The first-order chi connectivity index (χ1) is 8.28. The smallest absolute Gasteiger partial charge is 0.374 e. The highest BCUT2D eigenvalue weighted by Gasteiger charge is 2.42. The summed E-state index contributed by atoms with van der Waals surface area (Å²) in [7, 11) is -6.44. The van der Waals surface area contributed by atoms with Crippen LogP contribution in [0.3, 0.4) is 0 Å². The van der Waals surface area contributed by atoms with E-state index in [1.165, 1.54) is 0 Å². The van der Waals surface area contributed by atoms with E-state index in [0.717, 1.165) is 0 Å². The lowest BCUT2D eigenvalue weighted by Gasteiger charge is -2.30. The molecule has 0 fully saturated rings. The Kier molecular flexibility index (Phi) is 8.68. The van der Waals surface area contributed by atoms with Crippen LogP contribution in [0.5, 0.6) is 0 Å². The third kappa shape index (κ3) is 7.72. The average Bonchev–Trinajstić information content (AvgIpc) is 2.15. The summed E-state index contributed by atoms with van der Waals surface area (Å²) in [5, 5.41) is -0.365. The predicted molar refractivity (Wildman–Crippen MR) is 74.0 cm³/mol. The summed E-state index contributed by atoms with van der Waals surface area (Å²) in [6, 6.07) is 0.340. The Morgan fingerprint density at radius 2 is 1.50 bits per heavy atom. The van der Waals surface area contributed by atoms with E-state index in [2.05, 4.69) is 0 Å². The SMILES string of the molecule is CCO[Si](CC(C)SS(=O)(=O)O)(OCC)OCC. The zero-order chi connectivity index (χ0) is 14.2. The molecule has 6 nitrogen and oxygen atoms in total. The first kappa shape index (κ1) is 18.4. The van der Waals surface area contributed by atoms with Gasteiger partial charge in [-0.3, -0.25) is 4.55 Å². The van der Waals surface area contributed by atoms with Gasteiger partial charge in [0.2, 0.25) is 0 Å². The molecular formula is C9H22O6S2Si. The molecule has 1 unspecified atom stereocenters. The minimum Gasteiger partial charge on any atom is -0.374 e. The molecule has 0 bridgehead atoms. The first-order valence-electron chi connectivity index (χ1n) is 5.86. The Labute approximate surface area is 114 Å². The highest BCUT2D eigenvalue weighted by atomic mass is 33.1. The molecule has 0 aliphatic carbocycles. The second-order valence-electron chi connectivity index (χ2n) is 3.52. The molecule has 0 saturated heterocycles. The minimum atomic E-state index is -4.07. The zero-order valence-electron chi connectivity index (χ0n) is 11.2. The maximum Gasteiger partial charge on any atom is 0.502 e. The number of hydrogen-bond acceptors (Lipinski definition) is 6. The van der Waals surface area contributed by atoms with Crippen LogP contribution in [-0.4, -0.2) is 46.8 Å². The standard InChI is InChI=1S/C9H22O6S2Si/c1-5-13-18(14-6-2,15-7-3)8-9(4)16-17(10,11)12/h9H,5-8H2,1-4H3,(H,10,11,12). The van der Waals surface area contributed by atoms with Gasteiger partial charge < -0.3 is 13.3 Å². The summed E-state index contributed by atoms with van der Waals surface area (Å²) in [4.78, 5) is 0. The van der Waals surface area contributed by atoms with Gasteiger partial charge in [0.1, 0.15) is 0 Å². The molecule has 18 heavy (non-hydrogen) atoms. The Morgan fingerprint density at radius 3 is 1.78 bits per heavy atom. The average molecular weight is 318 g/mol. The zero-order valence-corrected chi connectivity index (χ0v) is 13.8. The highest BCUT2D eigenvalue weighted by molar-refractivity contribution is 8.70. The van der Waals surface area contributed by atoms with Crippen molar-refractivity contribution < 1.29 is 26.2 Å². The molecule has 9 heteroatoms. The molecular weight excluding hydrogens is 296 g/mol. The summed E-state index contributed by atoms with van der Waals surface area (Å²) < 4.78 is 47.2. The van der Waals surface area contributed by atoms with Crippen molar-refractivity contribution in [2.24, 2.45) is 0 Å². The number of hydrogen-bond donors (Lipinski definition) is 1. The quantitative estimate of drug-likeness (QED) is 0.374. The molecule has 0 amide bonds. The summed E-state index contributed by atoms with van der Waals surface area (Å²) in [6.07, 6.45) is 0. The van der Waals surface area contributed by atoms with Gasteiger partial charge in [0.05, 0.1) is 0 Å². The van der Waals surface area contributed by atoms with Crippen molar-refractivity contribution in [1.82, 2.24) is 0 Å². The molecule has 0 rings (SSSR count). The topological polar surface area (TPSA) is 82.1 Å². The van der Waals surface area contributed by atoms with Crippen LogP contribution in [-0.2, 0) is 22.4 Å². The van der Waals surface area contributed by atoms with Crippen LogP contribution in [0.4, 0.5) is 0 Å². The van der Waals surface area contributed by atoms with Crippen molar-refractivity contribution in [1.29, 1.82) is 0 Å². The van der Waals surface area contributed by atoms with Crippen molar-refractivity contribution in [3.63, 3.8) is 0 Å². The van der Waals surface area contributed by atoms with Crippen LogP contribution in [0, 0.1) is 0 Å². The number of rotatable bonds is 10. The van der Waals surface area contributed by atoms with E-state index in [9.17, 15) is 8.42 Å². The normalized spacial score (nSPS) is 14.7. The van der Waals surface area contributed by atoms with Crippen molar-refractivity contribution in [2.45, 2.75) is 39.0 Å². The Morgan fingerprint density at radius 1 is 1.11 bits per heavy atom. The van der Waals surface area contributed by atoms with Gasteiger partial charge in [-0.2, -0.15) is 8.42 Å². The predicted octanol–water partition coefficient (Wildman–Crippen LogP) is 1.96. The first-order valence-corrected chi connectivity index (χ1v) is 10.6. The molecule has 0 spiro atoms. The van der Waals surface area contributed by atoms with E-state index >= 15 is 0 Å².